The van der Waals surface area contributed by atoms with Crippen LogP contribution in [0.3, 0.4) is 0 Å². The maximum Gasteiger partial charge on any atom is 0.492 e. The standard InChI is InChI=1S/C12H27O12P3/c1-6-7-10-8-11(13)12(22-10)9-21-26(15,19-4)24-27(16,20-5)23-25(14,17-2)18-3/h10-13H,6-9H2,1-5H3. The number of ether oxygens (including phenoxy) is 1. The Hall–Kier alpha value is 0.330. The van der Waals surface area contributed by atoms with Crippen LogP contribution in [-0.4, -0.2) is 58.5 Å². The summed E-state index contributed by atoms with van der Waals surface area (Å²) in [5.41, 5.74) is 0. The highest BCUT2D eigenvalue weighted by Gasteiger charge is 2.46. The van der Waals surface area contributed by atoms with Crippen molar-refractivity contribution >= 4 is 23.5 Å². The van der Waals surface area contributed by atoms with Gasteiger partial charge in [-0.1, -0.05) is 13.3 Å². The Morgan fingerprint density at radius 2 is 1.44 bits per heavy atom. The van der Waals surface area contributed by atoms with Crippen molar-refractivity contribution in [2.24, 2.45) is 0 Å². The van der Waals surface area contributed by atoms with Crippen molar-refractivity contribution in [2.45, 2.75) is 44.5 Å². The summed E-state index contributed by atoms with van der Waals surface area (Å²) < 4.78 is 75.2. The molecule has 15 heteroatoms. The zero-order chi connectivity index (χ0) is 20.7. The molecule has 0 radical (unpaired) electrons. The Morgan fingerprint density at radius 1 is 0.926 bits per heavy atom. The van der Waals surface area contributed by atoms with E-state index >= 15 is 0 Å². The number of phosphoric ester groups is 2. The van der Waals surface area contributed by atoms with Crippen molar-refractivity contribution in [1.82, 2.24) is 0 Å². The minimum atomic E-state index is -4.72. The molecule has 1 saturated heterocycles. The van der Waals surface area contributed by atoms with Crippen molar-refractivity contribution in [1.29, 1.82) is 0 Å². The average molecular weight is 456 g/mol. The lowest BCUT2D eigenvalue weighted by atomic mass is 10.1. The molecule has 0 bridgehead atoms. The molecule has 5 atom stereocenters. The van der Waals surface area contributed by atoms with Gasteiger partial charge in [0, 0.05) is 34.9 Å². The van der Waals surface area contributed by atoms with Crippen LogP contribution in [0.4, 0.5) is 0 Å². The van der Waals surface area contributed by atoms with E-state index in [0.717, 1.165) is 41.3 Å². The molecule has 0 aromatic rings. The van der Waals surface area contributed by atoms with Gasteiger partial charge in [0.25, 0.3) is 0 Å². The van der Waals surface area contributed by atoms with Gasteiger partial charge in [0.1, 0.15) is 6.10 Å². The van der Waals surface area contributed by atoms with Crippen LogP contribution in [0, 0.1) is 0 Å². The van der Waals surface area contributed by atoms with Gasteiger partial charge in [-0.3, -0.25) is 22.6 Å². The van der Waals surface area contributed by atoms with Gasteiger partial charge in [0.15, 0.2) is 0 Å². The fraction of sp³-hybridized carbons (Fsp3) is 1.00. The first-order valence-corrected chi connectivity index (χ1v) is 12.4. The highest BCUT2D eigenvalue weighted by Crippen LogP contribution is 2.72. The minimum absolute atomic E-state index is 0.149. The topological polar surface area (TPSA) is 145 Å². The van der Waals surface area contributed by atoms with Gasteiger partial charge in [-0.15, -0.1) is 0 Å². The van der Waals surface area contributed by atoms with Crippen molar-refractivity contribution in [2.75, 3.05) is 35.0 Å². The number of aliphatic hydroxyl groups excluding tert-OH is 1. The number of hydrogen-bond acceptors (Lipinski definition) is 12. The van der Waals surface area contributed by atoms with Gasteiger partial charge in [-0.05, 0) is 6.42 Å². The van der Waals surface area contributed by atoms with E-state index in [2.05, 4.69) is 22.4 Å². The fourth-order valence-electron chi connectivity index (χ4n) is 2.21. The molecule has 1 fully saturated rings. The van der Waals surface area contributed by atoms with E-state index in [4.69, 9.17) is 13.6 Å². The largest absolute Gasteiger partial charge is 0.492 e. The predicted octanol–water partition coefficient (Wildman–Crippen LogP) is 3.26. The predicted molar refractivity (Wildman–Crippen MR) is 93.2 cm³/mol. The van der Waals surface area contributed by atoms with E-state index in [-0.39, 0.29) is 12.7 Å². The van der Waals surface area contributed by atoms with Crippen molar-refractivity contribution in [3.05, 3.63) is 0 Å². The molecule has 27 heavy (non-hydrogen) atoms. The molecule has 0 saturated carbocycles. The second-order valence-electron chi connectivity index (χ2n) is 5.42. The first-order chi connectivity index (χ1) is 12.6. The Bertz CT molecular complexity index is 590. The molecule has 1 aliphatic rings. The lowest BCUT2D eigenvalue weighted by molar-refractivity contribution is -0.0243. The highest BCUT2D eigenvalue weighted by molar-refractivity contribution is 7.67. The van der Waals surface area contributed by atoms with Crippen molar-refractivity contribution in [3.8, 4) is 0 Å². The number of rotatable bonds is 13. The third kappa shape index (κ3) is 7.59. The normalized spacial score (nSPS) is 28.0. The molecule has 1 rings (SSSR count). The van der Waals surface area contributed by atoms with Gasteiger partial charge in [0.05, 0.1) is 18.8 Å². The molecule has 162 valence electrons. The Labute approximate surface area is 158 Å². The summed E-state index contributed by atoms with van der Waals surface area (Å²) in [5.74, 6) is 0. The van der Waals surface area contributed by atoms with E-state index < -0.39 is 35.7 Å². The second-order valence-corrected chi connectivity index (χ2v) is 11.1. The molecule has 0 aromatic heterocycles. The lowest BCUT2D eigenvalue weighted by Crippen LogP contribution is -2.26. The smallest absolute Gasteiger partial charge is 0.390 e. The Balaban J connectivity index is 2.77. The molecular formula is C12H27O12P3. The van der Waals surface area contributed by atoms with E-state index in [1.54, 1.807) is 0 Å². The number of phosphoric acid groups is 3. The van der Waals surface area contributed by atoms with Crippen LogP contribution in [0.5, 0.6) is 0 Å². The van der Waals surface area contributed by atoms with Gasteiger partial charge >= 0.3 is 23.5 Å². The molecular weight excluding hydrogens is 429 g/mol. The average Bonchev–Trinajstić information content (AvgIpc) is 2.99. The molecule has 5 unspecified atom stereocenters. The Morgan fingerprint density at radius 3 is 1.93 bits per heavy atom. The first-order valence-electron chi connectivity index (χ1n) is 8.02. The maximum absolute atomic E-state index is 12.6. The van der Waals surface area contributed by atoms with Crippen molar-refractivity contribution in [3.63, 3.8) is 0 Å². The van der Waals surface area contributed by atoms with Gasteiger partial charge in [-0.2, -0.15) is 8.62 Å². The number of hydrogen-bond donors (Lipinski definition) is 1. The minimum Gasteiger partial charge on any atom is -0.390 e. The van der Waals surface area contributed by atoms with E-state index in [9.17, 15) is 18.8 Å². The second kappa shape index (κ2) is 10.9. The van der Waals surface area contributed by atoms with Crippen LogP contribution in [-0.2, 0) is 49.7 Å². The summed E-state index contributed by atoms with van der Waals surface area (Å²) in [6, 6.07) is 0. The SMILES string of the molecule is CCCC1CC(O)C(COP(=O)(OC)OP(=O)(OC)OP(=O)(OC)OC)O1. The molecule has 0 aromatic carbocycles. The summed E-state index contributed by atoms with van der Waals surface area (Å²) in [6.07, 6.45) is 0.272. The third-order valence-electron chi connectivity index (χ3n) is 3.60. The zero-order valence-corrected chi connectivity index (χ0v) is 18.5. The molecule has 0 amide bonds. The summed E-state index contributed by atoms with van der Waals surface area (Å²) in [5, 5.41) is 10.0. The molecule has 0 aliphatic carbocycles. The van der Waals surface area contributed by atoms with Crippen molar-refractivity contribution < 1.29 is 54.8 Å². The zero-order valence-electron chi connectivity index (χ0n) is 15.8. The lowest BCUT2D eigenvalue weighted by Gasteiger charge is -2.24. The van der Waals surface area contributed by atoms with Crippen LogP contribution in [0.25, 0.3) is 0 Å². The highest BCUT2D eigenvalue weighted by atomic mass is 31.3. The Kier molecular flexibility index (Phi) is 10.3. The molecule has 12 nitrogen and oxygen atoms in total. The maximum atomic E-state index is 12.6. The summed E-state index contributed by atoms with van der Waals surface area (Å²) >= 11 is 0. The van der Waals surface area contributed by atoms with E-state index in [0.29, 0.717) is 6.42 Å². The molecule has 1 heterocycles. The summed E-state index contributed by atoms with van der Waals surface area (Å²) in [4.78, 5) is 0. The van der Waals surface area contributed by atoms with Gasteiger partial charge in [-0.25, -0.2) is 13.7 Å². The molecule has 1 aliphatic heterocycles. The fourth-order valence-corrected chi connectivity index (χ4v) is 6.67. The van der Waals surface area contributed by atoms with Crippen LogP contribution in [0.1, 0.15) is 26.2 Å². The van der Waals surface area contributed by atoms with E-state index in [1.807, 2.05) is 6.92 Å². The van der Waals surface area contributed by atoms with E-state index in [1.165, 1.54) is 0 Å². The van der Waals surface area contributed by atoms with Crippen LogP contribution >= 0.6 is 23.5 Å². The molecule has 1 N–H and O–H groups in total. The monoisotopic (exact) mass is 456 g/mol. The van der Waals surface area contributed by atoms with Gasteiger partial charge < -0.3 is 9.84 Å². The van der Waals surface area contributed by atoms with Crippen LogP contribution in [0.15, 0.2) is 0 Å². The summed E-state index contributed by atoms with van der Waals surface area (Å²) in [6.45, 7) is 1.61. The molecule has 0 spiro atoms. The summed E-state index contributed by atoms with van der Waals surface area (Å²) in [7, 11) is -9.69. The van der Waals surface area contributed by atoms with Crippen LogP contribution < -0.4 is 0 Å². The third-order valence-corrected chi connectivity index (χ3v) is 9.06. The van der Waals surface area contributed by atoms with Gasteiger partial charge in [0.2, 0.25) is 0 Å². The van der Waals surface area contributed by atoms with Crippen LogP contribution in [0.2, 0.25) is 0 Å². The number of aliphatic hydroxyl groups is 1. The quantitative estimate of drug-likeness (QED) is 0.406. The first kappa shape index (κ1) is 25.4.